The molecule has 0 saturated carbocycles. The Bertz CT molecular complexity index is 1770. The number of hydrogen-bond acceptors (Lipinski definition) is 9. The minimum Gasteiger partial charge on any atom is -0.405 e. The first kappa shape index (κ1) is 44.2. The molecule has 0 bridgehead atoms. The van der Waals surface area contributed by atoms with Crippen LogP contribution in [0.15, 0.2) is 78.3 Å². The van der Waals surface area contributed by atoms with E-state index in [2.05, 4.69) is 36.8 Å². The molecule has 0 atom stereocenters. The highest BCUT2D eigenvalue weighted by atomic mass is 79.9. The van der Waals surface area contributed by atoms with Gasteiger partial charge in [-0.1, -0.05) is 6.07 Å². The van der Waals surface area contributed by atoms with Crippen LogP contribution < -0.4 is 22.1 Å². The van der Waals surface area contributed by atoms with Crippen molar-refractivity contribution in [2.24, 2.45) is 14.1 Å². The van der Waals surface area contributed by atoms with Crippen LogP contribution in [0, 0.1) is 0 Å². The van der Waals surface area contributed by atoms with E-state index in [4.69, 9.17) is 27.9 Å². The highest BCUT2D eigenvalue weighted by Crippen LogP contribution is 2.43. The van der Waals surface area contributed by atoms with Crippen LogP contribution >= 0.6 is 31.9 Å². The van der Waals surface area contributed by atoms with Crippen LogP contribution in [0.5, 0.6) is 0 Å². The summed E-state index contributed by atoms with van der Waals surface area (Å²) in [4.78, 5) is 34.9. The van der Waals surface area contributed by atoms with Crippen molar-refractivity contribution in [3.05, 3.63) is 95.0 Å². The number of halogens is 2. The average Bonchev–Trinajstić information content (AvgIpc) is 3.48. The first-order chi connectivity index (χ1) is 23.6. The van der Waals surface area contributed by atoms with Gasteiger partial charge in [-0.25, -0.2) is 0 Å². The Morgan fingerprint density at radius 2 is 0.885 bits per heavy atom. The lowest BCUT2D eigenvalue weighted by atomic mass is 9.49. The summed E-state index contributed by atoms with van der Waals surface area (Å²) in [6, 6.07) is 9.68. The lowest BCUT2D eigenvalue weighted by molar-refractivity contribution is 0.00578. The molecule has 6 rings (SSSR count). The van der Waals surface area contributed by atoms with Gasteiger partial charge < -0.3 is 42.0 Å². The van der Waals surface area contributed by atoms with Crippen LogP contribution in [-0.4, -0.2) is 68.9 Å². The second-order valence-corrected chi connectivity index (χ2v) is 17.7. The van der Waals surface area contributed by atoms with E-state index in [1.165, 1.54) is 27.3 Å². The highest BCUT2D eigenvalue weighted by molar-refractivity contribution is 9.10. The van der Waals surface area contributed by atoms with Crippen molar-refractivity contribution in [3.63, 3.8) is 0 Å². The molecule has 3 aliphatic heterocycles. The van der Waals surface area contributed by atoms with Crippen LogP contribution in [0.1, 0.15) is 83.1 Å². The molecule has 0 amide bonds. The van der Waals surface area contributed by atoms with Crippen LogP contribution in [0.2, 0.25) is 0 Å². The molecule has 3 fully saturated rings. The van der Waals surface area contributed by atoms with Gasteiger partial charge in [-0.05, 0) is 133 Å². The topological polar surface area (TPSA) is 132 Å². The number of rotatable bonds is 2. The lowest BCUT2D eigenvalue weighted by Gasteiger charge is -2.32. The molecule has 3 saturated heterocycles. The summed E-state index contributed by atoms with van der Waals surface area (Å²) >= 11 is 6.41. The summed E-state index contributed by atoms with van der Waals surface area (Å²) in [6.45, 7) is 24.2. The minimum atomic E-state index is -0.476. The smallest absolute Gasteiger partial charge is 0.405 e. The maximum Gasteiger partial charge on any atom is 0.496 e. The molecule has 0 aliphatic carbocycles. The molecular formula is C35H52B3Br2N3O9. The maximum atomic E-state index is 11.3. The summed E-state index contributed by atoms with van der Waals surface area (Å²) < 4.78 is 40.5. The second kappa shape index (κ2) is 16.2. The molecule has 1 N–H and O–H groups in total. The number of H-pyrrole nitrogens is 1. The predicted molar refractivity (Wildman–Crippen MR) is 214 cm³/mol. The average molecular weight is 851 g/mol. The van der Waals surface area contributed by atoms with Crippen molar-refractivity contribution < 1.29 is 27.9 Å². The fraction of sp³-hybridized carbons (Fsp3) is 0.571. The minimum absolute atomic E-state index is 0.0122. The Labute approximate surface area is 324 Å². The lowest BCUT2D eigenvalue weighted by Crippen LogP contribution is -2.41. The molecule has 284 valence electrons. The van der Waals surface area contributed by atoms with Gasteiger partial charge in [0.2, 0.25) is 16.7 Å². The van der Waals surface area contributed by atoms with Gasteiger partial charge in [-0.3, -0.25) is 14.4 Å². The molecule has 17 heteroatoms. The number of hydrogen-bond donors (Lipinski definition) is 1. The normalized spacial score (nSPS) is 21.3. The SMILES string of the molecule is CC1(C)OB(B2OC(C)(C)C(C)(C)O2)OC1(C)C.Cn1cc(B2OC(C)(C)C(C)(C)O2)ccc1=O.Cn1cc(Br)ccc1=O.O=c1ccc(Br)c[nH]1. The van der Waals surface area contributed by atoms with Gasteiger partial charge in [-0.2, -0.15) is 0 Å². The van der Waals surface area contributed by atoms with E-state index in [1.54, 1.807) is 50.9 Å². The number of aryl methyl sites for hydroxylation is 2. The molecule has 3 aliphatic rings. The molecule has 12 nitrogen and oxygen atoms in total. The van der Waals surface area contributed by atoms with Crippen LogP contribution in [-0.2, 0) is 42.0 Å². The zero-order chi connectivity index (χ0) is 39.7. The van der Waals surface area contributed by atoms with Gasteiger partial charge >= 0.3 is 21.1 Å². The van der Waals surface area contributed by atoms with Gasteiger partial charge in [0.25, 0.3) is 0 Å². The number of nitrogens with zero attached hydrogens (tertiary/aromatic N) is 2. The van der Waals surface area contributed by atoms with E-state index in [0.717, 1.165) is 14.4 Å². The first-order valence-electron chi connectivity index (χ1n) is 17.0. The molecule has 0 aromatic carbocycles. The monoisotopic (exact) mass is 849 g/mol. The third-order valence-corrected chi connectivity index (χ3v) is 11.2. The zero-order valence-electron chi connectivity index (χ0n) is 32.8. The Kier molecular flexibility index (Phi) is 13.8. The Balaban J connectivity index is 0.000000198. The van der Waals surface area contributed by atoms with E-state index >= 15 is 0 Å². The van der Waals surface area contributed by atoms with Gasteiger partial charge in [0.15, 0.2) is 0 Å². The number of nitrogens with one attached hydrogen (secondary N) is 1. The molecule has 0 radical (unpaired) electrons. The maximum absolute atomic E-state index is 11.3. The Morgan fingerprint density at radius 3 is 1.21 bits per heavy atom. The van der Waals surface area contributed by atoms with Crippen molar-refractivity contribution in [1.82, 2.24) is 14.1 Å². The number of aromatic nitrogens is 3. The molecule has 3 aromatic rings. The Hall–Kier alpha value is -2.24. The van der Waals surface area contributed by atoms with Gasteiger partial charge in [0.05, 0.1) is 33.6 Å². The van der Waals surface area contributed by atoms with Crippen molar-refractivity contribution in [2.75, 3.05) is 0 Å². The van der Waals surface area contributed by atoms with Crippen LogP contribution in [0.25, 0.3) is 0 Å². The fourth-order valence-corrected chi connectivity index (χ4v) is 5.37. The Morgan fingerprint density at radius 1 is 0.519 bits per heavy atom. The zero-order valence-corrected chi connectivity index (χ0v) is 35.9. The van der Waals surface area contributed by atoms with E-state index in [-0.39, 0.29) is 50.3 Å². The van der Waals surface area contributed by atoms with E-state index in [0.29, 0.717) is 0 Å². The fourth-order valence-electron chi connectivity index (χ4n) is 4.69. The molecule has 3 aromatic heterocycles. The van der Waals surface area contributed by atoms with Gasteiger partial charge in [-0.15, -0.1) is 0 Å². The summed E-state index contributed by atoms with van der Waals surface area (Å²) in [5, 5.41) is 0. The molecular weight excluding hydrogens is 799 g/mol. The molecule has 0 spiro atoms. The van der Waals surface area contributed by atoms with Crippen LogP contribution in [0.3, 0.4) is 0 Å². The summed E-state index contributed by atoms with van der Waals surface area (Å²) in [7, 11) is 2.07. The summed E-state index contributed by atoms with van der Waals surface area (Å²) in [6.07, 6.45) is 5.08. The van der Waals surface area contributed by atoms with E-state index in [1.807, 2.05) is 83.1 Å². The van der Waals surface area contributed by atoms with E-state index < -0.39 is 21.1 Å². The molecule has 6 heterocycles. The largest absolute Gasteiger partial charge is 0.496 e. The van der Waals surface area contributed by atoms with Crippen molar-refractivity contribution in [1.29, 1.82) is 0 Å². The van der Waals surface area contributed by atoms with Crippen molar-refractivity contribution in [2.45, 2.75) is 117 Å². The third kappa shape index (κ3) is 10.7. The number of aromatic amines is 1. The predicted octanol–water partition coefficient (Wildman–Crippen LogP) is 5.22. The molecule has 0 unspecified atom stereocenters. The van der Waals surface area contributed by atoms with Gasteiger partial charge in [0.1, 0.15) is 0 Å². The van der Waals surface area contributed by atoms with Crippen molar-refractivity contribution >= 4 is 58.5 Å². The van der Waals surface area contributed by atoms with E-state index in [9.17, 15) is 14.4 Å². The molecule has 52 heavy (non-hydrogen) atoms. The standard InChI is InChI=1S/C12H24B2O4.C12H18BNO3.C6H6BrNO.C5H4BrNO/c1-9(2)10(3,4)16-13(15-9)14-17-11(5,6)12(7,8)18-14;1-11(2)12(3,4)17-13(16-11)9-6-7-10(15)14(5)8-9;1-8-4-5(7)2-3-6(8)9;6-4-1-2-5(8)7-3-4/h1-8H3;6-8H,1-5H3;2-4H,1H3;1-3H,(H,7,8). The highest BCUT2D eigenvalue weighted by Gasteiger charge is 2.63. The number of pyridine rings is 3. The van der Waals surface area contributed by atoms with Gasteiger partial charge in [0, 0.05) is 59.8 Å². The quantitative estimate of drug-likeness (QED) is 0.345. The van der Waals surface area contributed by atoms with Crippen molar-refractivity contribution in [3.8, 4) is 0 Å². The van der Waals surface area contributed by atoms with Crippen LogP contribution in [0.4, 0.5) is 0 Å². The summed E-state index contributed by atoms with van der Waals surface area (Å²) in [5.74, 6) is 0. The first-order valence-corrected chi connectivity index (χ1v) is 18.6. The second-order valence-electron chi connectivity index (χ2n) is 15.9. The third-order valence-electron chi connectivity index (χ3n) is 10.2. The summed E-state index contributed by atoms with van der Waals surface area (Å²) in [5.41, 5.74) is -1.38.